The summed E-state index contributed by atoms with van der Waals surface area (Å²) < 4.78 is 1.06. The van der Waals surface area contributed by atoms with Crippen LogP contribution in [-0.4, -0.2) is 6.54 Å². The van der Waals surface area contributed by atoms with Gasteiger partial charge in [-0.05, 0) is 49.4 Å². The molecule has 1 saturated carbocycles. The van der Waals surface area contributed by atoms with Gasteiger partial charge in [-0.25, -0.2) is 0 Å². The fourth-order valence-electron chi connectivity index (χ4n) is 3.23. The SMILES string of the molecule is CCCNC(c1ccc(Br)cc1Cl)C1CCCCCC1. The third-order valence-corrected chi connectivity index (χ3v) is 5.10. The van der Waals surface area contributed by atoms with Gasteiger partial charge in [0.2, 0.25) is 0 Å². The van der Waals surface area contributed by atoms with Crippen molar-refractivity contribution in [3.05, 3.63) is 33.3 Å². The van der Waals surface area contributed by atoms with Crippen molar-refractivity contribution in [2.24, 2.45) is 5.92 Å². The molecule has 0 saturated heterocycles. The van der Waals surface area contributed by atoms with Gasteiger partial charge < -0.3 is 5.32 Å². The lowest BCUT2D eigenvalue weighted by Gasteiger charge is -2.28. The Morgan fingerprint density at radius 2 is 1.95 bits per heavy atom. The first kappa shape index (κ1) is 16.3. The molecule has 1 N–H and O–H groups in total. The van der Waals surface area contributed by atoms with Gasteiger partial charge in [0.25, 0.3) is 0 Å². The molecule has 112 valence electrons. The molecule has 0 radical (unpaired) electrons. The summed E-state index contributed by atoms with van der Waals surface area (Å²) in [4.78, 5) is 0. The first-order chi connectivity index (χ1) is 9.72. The lowest BCUT2D eigenvalue weighted by Crippen LogP contribution is -2.29. The summed E-state index contributed by atoms with van der Waals surface area (Å²) >= 11 is 9.99. The molecule has 0 aliphatic heterocycles. The average molecular weight is 359 g/mol. The van der Waals surface area contributed by atoms with Crippen molar-refractivity contribution >= 4 is 27.5 Å². The molecular formula is C17H25BrClN. The molecule has 1 aliphatic rings. The van der Waals surface area contributed by atoms with E-state index in [4.69, 9.17) is 11.6 Å². The Morgan fingerprint density at radius 1 is 1.25 bits per heavy atom. The van der Waals surface area contributed by atoms with Crippen molar-refractivity contribution in [1.29, 1.82) is 0 Å². The summed E-state index contributed by atoms with van der Waals surface area (Å²) in [5, 5.41) is 4.63. The highest BCUT2D eigenvalue weighted by Crippen LogP contribution is 2.37. The molecular weight excluding hydrogens is 334 g/mol. The molecule has 20 heavy (non-hydrogen) atoms. The quantitative estimate of drug-likeness (QED) is 0.626. The lowest BCUT2D eigenvalue weighted by molar-refractivity contribution is 0.326. The highest BCUT2D eigenvalue weighted by atomic mass is 79.9. The van der Waals surface area contributed by atoms with E-state index in [1.165, 1.54) is 44.1 Å². The number of halogens is 2. The van der Waals surface area contributed by atoms with Gasteiger partial charge in [-0.15, -0.1) is 0 Å². The van der Waals surface area contributed by atoms with Gasteiger partial charge in [-0.2, -0.15) is 0 Å². The van der Waals surface area contributed by atoms with Gasteiger partial charge in [0.1, 0.15) is 0 Å². The van der Waals surface area contributed by atoms with E-state index in [-0.39, 0.29) is 0 Å². The number of hydrogen-bond donors (Lipinski definition) is 1. The Bertz CT molecular complexity index is 413. The molecule has 0 bridgehead atoms. The van der Waals surface area contributed by atoms with E-state index in [0.29, 0.717) is 6.04 Å². The number of benzene rings is 1. The smallest absolute Gasteiger partial charge is 0.0465 e. The van der Waals surface area contributed by atoms with Crippen LogP contribution in [0.4, 0.5) is 0 Å². The van der Waals surface area contributed by atoms with E-state index in [0.717, 1.165) is 28.4 Å². The number of rotatable bonds is 5. The van der Waals surface area contributed by atoms with E-state index in [1.807, 2.05) is 6.07 Å². The minimum Gasteiger partial charge on any atom is -0.310 e. The zero-order chi connectivity index (χ0) is 14.4. The topological polar surface area (TPSA) is 12.0 Å². The van der Waals surface area contributed by atoms with Crippen molar-refractivity contribution in [1.82, 2.24) is 5.32 Å². The van der Waals surface area contributed by atoms with Crippen LogP contribution in [0.1, 0.15) is 63.5 Å². The van der Waals surface area contributed by atoms with Crippen molar-refractivity contribution in [2.45, 2.75) is 57.9 Å². The predicted octanol–water partition coefficient (Wildman–Crippen LogP) is 6.11. The summed E-state index contributed by atoms with van der Waals surface area (Å²) in [7, 11) is 0. The highest BCUT2D eigenvalue weighted by Gasteiger charge is 2.25. The second kappa shape index (κ2) is 8.41. The number of nitrogens with one attached hydrogen (secondary N) is 1. The van der Waals surface area contributed by atoms with Gasteiger partial charge in [0.15, 0.2) is 0 Å². The van der Waals surface area contributed by atoms with Gasteiger partial charge >= 0.3 is 0 Å². The Kier molecular flexibility index (Phi) is 6.86. The van der Waals surface area contributed by atoms with Crippen LogP contribution in [0.2, 0.25) is 5.02 Å². The van der Waals surface area contributed by atoms with Crippen LogP contribution in [-0.2, 0) is 0 Å². The summed E-state index contributed by atoms with van der Waals surface area (Å²) in [6.45, 7) is 3.29. The van der Waals surface area contributed by atoms with E-state index in [2.05, 4.69) is 40.3 Å². The molecule has 1 unspecified atom stereocenters. The zero-order valence-corrected chi connectivity index (χ0v) is 14.6. The molecule has 3 heteroatoms. The molecule has 1 atom stereocenters. The molecule has 1 fully saturated rings. The Hall–Kier alpha value is -0.0500. The summed E-state index contributed by atoms with van der Waals surface area (Å²) in [6, 6.07) is 6.73. The first-order valence-electron chi connectivity index (χ1n) is 7.90. The Morgan fingerprint density at radius 3 is 2.55 bits per heavy atom. The van der Waals surface area contributed by atoms with Gasteiger partial charge in [0, 0.05) is 15.5 Å². The minimum absolute atomic E-state index is 0.411. The Balaban J connectivity index is 2.20. The Labute approximate surface area is 136 Å². The van der Waals surface area contributed by atoms with Crippen LogP contribution in [0.5, 0.6) is 0 Å². The molecule has 2 rings (SSSR count). The van der Waals surface area contributed by atoms with Crippen molar-refractivity contribution in [2.75, 3.05) is 6.54 Å². The van der Waals surface area contributed by atoms with E-state index in [9.17, 15) is 0 Å². The van der Waals surface area contributed by atoms with Crippen LogP contribution >= 0.6 is 27.5 Å². The summed E-state index contributed by atoms with van der Waals surface area (Å²) in [6.07, 6.45) is 9.33. The van der Waals surface area contributed by atoms with Crippen LogP contribution in [0, 0.1) is 5.92 Å². The predicted molar refractivity (Wildman–Crippen MR) is 91.4 cm³/mol. The molecule has 0 heterocycles. The second-order valence-electron chi connectivity index (χ2n) is 5.85. The maximum atomic E-state index is 6.49. The molecule has 1 aromatic carbocycles. The summed E-state index contributed by atoms with van der Waals surface area (Å²) in [5.41, 5.74) is 1.27. The third-order valence-electron chi connectivity index (χ3n) is 4.28. The fourth-order valence-corrected chi connectivity index (χ4v) is 4.02. The maximum Gasteiger partial charge on any atom is 0.0465 e. The monoisotopic (exact) mass is 357 g/mol. The van der Waals surface area contributed by atoms with Crippen molar-refractivity contribution in [3.63, 3.8) is 0 Å². The van der Waals surface area contributed by atoms with Gasteiger partial charge in [0.05, 0.1) is 0 Å². The maximum absolute atomic E-state index is 6.49. The third kappa shape index (κ3) is 4.47. The second-order valence-corrected chi connectivity index (χ2v) is 7.17. The zero-order valence-electron chi connectivity index (χ0n) is 12.3. The first-order valence-corrected chi connectivity index (χ1v) is 9.07. The largest absolute Gasteiger partial charge is 0.310 e. The van der Waals surface area contributed by atoms with Crippen LogP contribution in [0.15, 0.2) is 22.7 Å². The summed E-state index contributed by atoms with van der Waals surface area (Å²) in [5.74, 6) is 0.725. The molecule has 1 aromatic rings. The van der Waals surface area contributed by atoms with Gasteiger partial charge in [-0.3, -0.25) is 0 Å². The lowest BCUT2D eigenvalue weighted by atomic mass is 9.87. The molecule has 0 aromatic heterocycles. The molecule has 0 amide bonds. The average Bonchev–Trinajstić information content (AvgIpc) is 2.70. The highest BCUT2D eigenvalue weighted by molar-refractivity contribution is 9.10. The molecule has 1 nitrogen and oxygen atoms in total. The van der Waals surface area contributed by atoms with Crippen molar-refractivity contribution in [3.8, 4) is 0 Å². The van der Waals surface area contributed by atoms with E-state index in [1.54, 1.807) is 0 Å². The van der Waals surface area contributed by atoms with Crippen molar-refractivity contribution < 1.29 is 0 Å². The minimum atomic E-state index is 0.411. The van der Waals surface area contributed by atoms with E-state index < -0.39 is 0 Å². The fraction of sp³-hybridized carbons (Fsp3) is 0.647. The standard InChI is InChI=1S/C17H25BrClN/c1-2-11-20-17(13-7-5-3-4-6-8-13)15-10-9-14(18)12-16(15)19/h9-10,12-13,17,20H,2-8,11H2,1H3. The van der Waals surface area contributed by atoms with Crippen LogP contribution in [0.25, 0.3) is 0 Å². The normalized spacial score (nSPS) is 18.8. The van der Waals surface area contributed by atoms with Crippen LogP contribution < -0.4 is 5.32 Å². The van der Waals surface area contributed by atoms with Gasteiger partial charge in [-0.1, -0.05) is 66.2 Å². The van der Waals surface area contributed by atoms with Crippen LogP contribution in [0.3, 0.4) is 0 Å². The molecule has 0 spiro atoms. The van der Waals surface area contributed by atoms with E-state index >= 15 is 0 Å². The molecule has 1 aliphatic carbocycles. The number of hydrogen-bond acceptors (Lipinski definition) is 1.